The number of allylic oxidation sites excluding steroid dienone is 2. The van der Waals surface area contributed by atoms with Gasteiger partial charge in [0.05, 0.1) is 77.9 Å². The molecular formula is C41H51N3O16. The lowest BCUT2D eigenvalue weighted by Crippen LogP contribution is -2.52. The monoisotopic (exact) mass is 841 g/mol. The standard InChI is InChI=1S/C41H51N3O16/c1-23(2)4-9-28-30(46)19-31(47)34-37(52)41(39(60-40(28)34)24-5-7-27(54-3)8-6-24)59-33(49)11-10-32(48)58-17-16-56-13-12-55-14-15-57-22-26-20-44(43-42-26)29-18-25(21-45)35(50)38(53)36(29)51/h4-8,19-20,25,29,35-36,38,45-47,50-51,53H,9-18,21-22H2,1-3H3/t25-,29?,35-,36+,38+/m1/s1. The van der Waals surface area contributed by atoms with Crippen molar-refractivity contribution in [3.8, 4) is 34.3 Å². The number of esters is 2. The second kappa shape index (κ2) is 21.7. The van der Waals surface area contributed by atoms with Gasteiger partial charge in [-0.15, -0.1) is 5.10 Å². The molecule has 2 heterocycles. The van der Waals surface area contributed by atoms with Crippen molar-refractivity contribution in [3.63, 3.8) is 0 Å². The first kappa shape index (κ1) is 45.7. The van der Waals surface area contributed by atoms with Crippen molar-refractivity contribution in [1.82, 2.24) is 15.0 Å². The third-order valence-corrected chi connectivity index (χ3v) is 9.74. The van der Waals surface area contributed by atoms with Crippen LogP contribution in [0.15, 0.2) is 57.4 Å². The molecule has 5 rings (SSSR count). The number of ether oxygens (including phenoxy) is 6. The first-order chi connectivity index (χ1) is 28.8. The van der Waals surface area contributed by atoms with Gasteiger partial charge in [0.15, 0.2) is 5.76 Å². The van der Waals surface area contributed by atoms with Gasteiger partial charge in [-0.1, -0.05) is 16.9 Å². The number of hydrogen-bond donors (Lipinski definition) is 6. The normalized spacial score (nSPS) is 18.9. The number of nitrogens with zero attached hydrogens (tertiary/aromatic N) is 3. The maximum absolute atomic E-state index is 13.8. The lowest BCUT2D eigenvalue weighted by atomic mass is 9.80. The molecule has 0 bridgehead atoms. The summed E-state index contributed by atoms with van der Waals surface area (Å²) in [5.41, 5.74) is 1.07. The highest BCUT2D eigenvalue weighted by molar-refractivity contribution is 5.92. The smallest absolute Gasteiger partial charge is 0.312 e. The number of hydrogen-bond acceptors (Lipinski definition) is 18. The van der Waals surface area contributed by atoms with E-state index in [4.69, 9.17) is 32.8 Å². The maximum Gasteiger partial charge on any atom is 0.312 e. The molecule has 2 aromatic carbocycles. The molecule has 19 heteroatoms. The fourth-order valence-corrected chi connectivity index (χ4v) is 6.46. The Morgan fingerprint density at radius 3 is 2.23 bits per heavy atom. The van der Waals surface area contributed by atoms with Gasteiger partial charge in [-0.25, -0.2) is 4.68 Å². The zero-order valence-electron chi connectivity index (χ0n) is 33.5. The van der Waals surface area contributed by atoms with Crippen LogP contribution < -0.4 is 14.9 Å². The van der Waals surface area contributed by atoms with E-state index in [-0.39, 0.29) is 100 Å². The predicted molar refractivity (Wildman–Crippen MR) is 210 cm³/mol. The molecule has 0 radical (unpaired) electrons. The minimum absolute atomic E-state index is 0.0639. The molecule has 326 valence electrons. The Kier molecular flexibility index (Phi) is 16.5. The molecule has 6 N–H and O–H groups in total. The van der Waals surface area contributed by atoms with Crippen LogP contribution in [0, 0.1) is 5.92 Å². The second-order valence-corrected chi connectivity index (χ2v) is 14.3. The lowest BCUT2D eigenvalue weighted by molar-refractivity contribution is -0.148. The highest BCUT2D eigenvalue weighted by atomic mass is 16.6. The van der Waals surface area contributed by atoms with Crippen LogP contribution in [-0.2, 0) is 41.6 Å². The third-order valence-electron chi connectivity index (χ3n) is 9.74. The molecule has 4 aromatic rings. The zero-order valence-corrected chi connectivity index (χ0v) is 33.5. The number of phenols is 2. The van der Waals surface area contributed by atoms with Gasteiger partial charge in [0.2, 0.25) is 11.2 Å². The summed E-state index contributed by atoms with van der Waals surface area (Å²) in [7, 11) is 1.49. The van der Waals surface area contributed by atoms with Crippen LogP contribution in [0.4, 0.5) is 0 Å². The van der Waals surface area contributed by atoms with Crippen LogP contribution in [0.5, 0.6) is 23.0 Å². The van der Waals surface area contributed by atoms with Gasteiger partial charge in [0.1, 0.15) is 52.7 Å². The number of benzene rings is 2. The molecule has 0 aliphatic heterocycles. The SMILES string of the molecule is COc1ccc(-c2oc3c(CC=C(C)C)c(O)cc(O)c3c(=O)c2OC(=O)CCC(=O)OCCOCCOCCOCc2cn(C3C[C@H](CO)[C@@H](O)[C@H](O)[C@H]3O)nn2)cc1. The van der Waals surface area contributed by atoms with Crippen LogP contribution in [0.3, 0.4) is 0 Å². The van der Waals surface area contributed by atoms with Crippen molar-refractivity contribution in [2.75, 3.05) is 53.4 Å². The number of aromatic nitrogens is 3. The van der Waals surface area contributed by atoms with E-state index in [0.717, 1.165) is 11.6 Å². The average Bonchev–Trinajstić information content (AvgIpc) is 3.70. The van der Waals surface area contributed by atoms with Crippen LogP contribution >= 0.6 is 0 Å². The van der Waals surface area contributed by atoms with E-state index >= 15 is 0 Å². The number of carbonyl (C=O) groups excluding carboxylic acids is 2. The molecule has 19 nitrogen and oxygen atoms in total. The van der Waals surface area contributed by atoms with E-state index in [9.17, 15) is 45.0 Å². The predicted octanol–water partition coefficient (Wildman–Crippen LogP) is 2.09. The number of fused-ring (bicyclic) bond motifs is 1. The van der Waals surface area contributed by atoms with E-state index in [1.54, 1.807) is 30.5 Å². The Morgan fingerprint density at radius 1 is 0.900 bits per heavy atom. The van der Waals surface area contributed by atoms with E-state index in [1.807, 2.05) is 19.9 Å². The zero-order chi connectivity index (χ0) is 43.3. The molecule has 0 amide bonds. The van der Waals surface area contributed by atoms with Crippen molar-refractivity contribution in [3.05, 3.63) is 69.7 Å². The maximum atomic E-state index is 13.8. The summed E-state index contributed by atoms with van der Waals surface area (Å²) in [6.07, 6.45) is -0.970. The summed E-state index contributed by atoms with van der Waals surface area (Å²) in [6, 6.07) is 6.75. The molecule has 0 saturated heterocycles. The summed E-state index contributed by atoms with van der Waals surface area (Å²) in [6.45, 7) is 4.38. The highest BCUT2D eigenvalue weighted by Gasteiger charge is 2.43. The fraction of sp³-hybridized carbons (Fsp3) is 0.488. The van der Waals surface area contributed by atoms with Gasteiger partial charge in [-0.05, 0) is 51.0 Å². The number of methoxy groups -OCH3 is 1. The van der Waals surface area contributed by atoms with E-state index in [0.29, 0.717) is 17.0 Å². The summed E-state index contributed by atoms with van der Waals surface area (Å²) >= 11 is 0. The molecule has 60 heavy (non-hydrogen) atoms. The van der Waals surface area contributed by atoms with Crippen molar-refractivity contribution in [2.24, 2.45) is 5.92 Å². The van der Waals surface area contributed by atoms with Gasteiger partial charge in [0.25, 0.3) is 0 Å². The Morgan fingerprint density at radius 2 is 1.57 bits per heavy atom. The Balaban J connectivity index is 1.02. The quantitative estimate of drug-likeness (QED) is 0.0398. The summed E-state index contributed by atoms with van der Waals surface area (Å²) in [5, 5.41) is 69.0. The molecule has 1 aliphatic carbocycles. The number of carbonyl (C=O) groups is 2. The first-order valence-corrected chi connectivity index (χ1v) is 19.3. The van der Waals surface area contributed by atoms with E-state index < -0.39 is 65.6 Å². The van der Waals surface area contributed by atoms with Crippen molar-refractivity contribution in [2.45, 2.75) is 70.5 Å². The fourth-order valence-electron chi connectivity index (χ4n) is 6.46. The van der Waals surface area contributed by atoms with Gasteiger partial charge in [-0.2, -0.15) is 0 Å². The molecule has 0 spiro atoms. The first-order valence-electron chi connectivity index (χ1n) is 19.3. The largest absolute Gasteiger partial charge is 0.507 e. The van der Waals surface area contributed by atoms with Crippen LogP contribution in [0.25, 0.3) is 22.3 Å². The molecule has 1 unspecified atom stereocenters. The van der Waals surface area contributed by atoms with Gasteiger partial charge >= 0.3 is 11.9 Å². The number of aliphatic hydroxyl groups is 4. The minimum atomic E-state index is -1.42. The number of aromatic hydroxyl groups is 2. The molecule has 1 fully saturated rings. The molecule has 1 aliphatic rings. The topological polar surface area (TPSA) is 272 Å². The van der Waals surface area contributed by atoms with Gasteiger partial charge in [-0.3, -0.25) is 14.4 Å². The van der Waals surface area contributed by atoms with Gasteiger partial charge < -0.3 is 63.5 Å². The highest BCUT2D eigenvalue weighted by Crippen LogP contribution is 2.40. The summed E-state index contributed by atoms with van der Waals surface area (Å²) in [4.78, 5) is 39.2. The number of aliphatic hydroxyl groups excluding tert-OH is 4. The molecule has 1 saturated carbocycles. The average molecular weight is 842 g/mol. The lowest BCUT2D eigenvalue weighted by Gasteiger charge is -2.39. The molecule has 2 aromatic heterocycles. The number of rotatable bonds is 21. The minimum Gasteiger partial charge on any atom is -0.507 e. The van der Waals surface area contributed by atoms with Crippen molar-refractivity contribution in [1.29, 1.82) is 0 Å². The summed E-state index contributed by atoms with van der Waals surface area (Å²) < 4.78 is 39.8. The van der Waals surface area contributed by atoms with Crippen LogP contribution in [0.2, 0.25) is 0 Å². The Hall–Kier alpha value is -5.41. The Labute approximate surface area is 344 Å². The van der Waals surface area contributed by atoms with E-state index in [1.165, 1.54) is 11.8 Å². The summed E-state index contributed by atoms with van der Waals surface area (Å²) in [5.74, 6) is -3.23. The van der Waals surface area contributed by atoms with Crippen LogP contribution in [0.1, 0.15) is 50.4 Å². The third kappa shape index (κ3) is 11.7. The van der Waals surface area contributed by atoms with Crippen molar-refractivity contribution >= 4 is 22.9 Å². The second-order valence-electron chi connectivity index (χ2n) is 14.3. The number of phenolic OH excluding ortho intramolecular Hbond substituents is 2. The van der Waals surface area contributed by atoms with Crippen LogP contribution in [-0.4, -0.2) is 129 Å². The molecule has 5 atom stereocenters. The van der Waals surface area contributed by atoms with Crippen molar-refractivity contribution < 1.29 is 73.1 Å². The van der Waals surface area contributed by atoms with E-state index in [2.05, 4.69) is 10.3 Å². The molecular weight excluding hydrogens is 790 g/mol. The van der Waals surface area contributed by atoms with Gasteiger partial charge in [0, 0.05) is 29.7 Å². The Bertz CT molecular complexity index is 2140.